The van der Waals surface area contributed by atoms with Gasteiger partial charge in [0.25, 0.3) is 11.5 Å². The van der Waals surface area contributed by atoms with Crippen molar-refractivity contribution in [3.8, 4) is 0 Å². The fourth-order valence-corrected chi connectivity index (χ4v) is 6.10. The third-order valence-electron chi connectivity index (χ3n) is 8.56. The molecule has 2 aromatic heterocycles. The van der Waals surface area contributed by atoms with Gasteiger partial charge < -0.3 is 25.4 Å². The molecule has 0 aliphatic carbocycles. The van der Waals surface area contributed by atoms with Crippen LogP contribution in [-0.4, -0.2) is 73.5 Å². The van der Waals surface area contributed by atoms with E-state index in [1.165, 1.54) is 4.68 Å². The van der Waals surface area contributed by atoms with Gasteiger partial charge >= 0.3 is 0 Å². The van der Waals surface area contributed by atoms with Crippen molar-refractivity contribution in [2.75, 3.05) is 19.6 Å². The second-order valence-electron chi connectivity index (χ2n) is 12.7. The molecule has 3 aromatic rings. The first-order valence-electron chi connectivity index (χ1n) is 16.7. The highest BCUT2D eigenvalue weighted by molar-refractivity contribution is 5.95. The third-order valence-corrected chi connectivity index (χ3v) is 8.56. The maximum absolute atomic E-state index is 13.9. The number of fused-ring (bicyclic) bond motifs is 1. The van der Waals surface area contributed by atoms with Crippen LogP contribution in [0.5, 0.6) is 0 Å². The molecule has 0 fully saturated rings. The number of hydrogen-bond acceptors (Lipinski definition) is 7. The van der Waals surface area contributed by atoms with E-state index >= 15 is 0 Å². The first-order valence-corrected chi connectivity index (χ1v) is 16.7. The lowest BCUT2D eigenvalue weighted by Crippen LogP contribution is -2.50. The lowest BCUT2D eigenvalue weighted by molar-refractivity contribution is -0.129. The van der Waals surface area contributed by atoms with Crippen molar-refractivity contribution >= 4 is 23.6 Å². The summed E-state index contributed by atoms with van der Waals surface area (Å²) in [6.07, 6.45) is 1.07. The van der Waals surface area contributed by atoms with E-state index in [1.807, 2.05) is 64.1 Å². The van der Waals surface area contributed by atoms with E-state index in [0.717, 1.165) is 11.3 Å². The molecule has 0 bridgehead atoms. The highest BCUT2D eigenvalue weighted by Gasteiger charge is 2.30. The Hall–Kier alpha value is -4.81. The molecule has 3 N–H and O–H groups in total. The Kier molecular flexibility index (Phi) is 12.3. The summed E-state index contributed by atoms with van der Waals surface area (Å²) in [5.41, 5.74) is 1.99. The fourth-order valence-electron chi connectivity index (χ4n) is 6.10. The number of aryl methyl sites for hydroxylation is 3. The highest BCUT2D eigenvalue weighted by Crippen LogP contribution is 2.21. The molecule has 13 nitrogen and oxygen atoms in total. The van der Waals surface area contributed by atoms with Gasteiger partial charge in [-0.05, 0) is 63.6 Å². The van der Waals surface area contributed by atoms with Gasteiger partial charge in [0, 0.05) is 44.7 Å². The average molecular weight is 661 g/mol. The average Bonchev–Trinajstić information content (AvgIpc) is 3.39. The zero-order chi connectivity index (χ0) is 35.0. The van der Waals surface area contributed by atoms with E-state index in [2.05, 4.69) is 26.0 Å². The van der Waals surface area contributed by atoms with Crippen LogP contribution in [0.15, 0.2) is 41.2 Å². The highest BCUT2D eigenvalue weighted by atomic mass is 16.2. The molecule has 1 aliphatic heterocycles. The van der Waals surface area contributed by atoms with Crippen molar-refractivity contribution in [3.63, 3.8) is 0 Å². The number of carbonyl (C=O) groups is 4. The summed E-state index contributed by atoms with van der Waals surface area (Å²) in [4.78, 5) is 73.6. The largest absolute Gasteiger partial charge is 0.354 e. The molecule has 1 aliphatic rings. The SMILES string of the molecule is CCn1c(C)cc(C)c(C(=O)N2CCCNC(=O)Cn3nc(C)nc3[C@H](C(C)C)NC(=O)[C@@H](Cc3ccccc3)NC(=O)CCC2)c1=O. The molecule has 4 rings (SSSR count). The van der Waals surface area contributed by atoms with Gasteiger partial charge in [0.15, 0.2) is 5.82 Å². The van der Waals surface area contributed by atoms with Crippen molar-refractivity contribution in [2.24, 2.45) is 5.92 Å². The van der Waals surface area contributed by atoms with Crippen LogP contribution in [0.3, 0.4) is 0 Å². The van der Waals surface area contributed by atoms with Crippen molar-refractivity contribution in [3.05, 3.63) is 80.8 Å². The van der Waals surface area contributed by atoms with Gasteiger partial charge in [-0.1, -0.05) is 44.2 Å². The van der Waals surface area contributed by atoms with Gasteiger partial charge in [-0.25, -0.2) is 9.67 Å². The van der Waals surface area contributed by atoms with Crippen LogP contribution in [0.25, 0.3) is 0 Å². The predicted octanol–water partition coefficient (Wildman–Crippen LogP) is 2.37. The topological polar surface area (TPSA) is 160 Å². The van der Waals surface area contributed by atoms with Crippen LogP contribution in [-0.2, 0) is 33.9 Å². The normalized spacial score (nSPS) is 18.7. The number of nitrogens with zero attached hydrogens (tertiary/aromatic N) is 5. The minimum absolute atomic E-state index is 0.0618. The minimum atomic E-state index is -0.888. The first kappa shape index (κ1) is 36.0. The van der Waals surface area contributed by atoms with Crippen LogP contribution in [0.2, 0.25) is 0 Å². The Labute approximate surface area is 281 Å². The summed E-state index contributed by atoms with van der Waals surface area (Å²) >= 11 is 0. The monoisotopic (exact) mass is 660 g/mol. The summed E-state index contributed by atoms with van der Waals surface area (Å²) in [5.74, 6) is -0.608. The number of hydrogen-bond donors (Lipinski definition) is 3. The standard InChI is InChI=1S/C35H48N8O5/c1-7-42-24(5)19-23(4)30(35(42)48)34(47)41-17-11-15-28(44)38-27(20-26-13-9-8-10-14-26)33(46)39-31(22(2)3)32-37-25(6)40-43(32)21-29(45)36-16-12-18-41/h8-10,13-14,19,22,27,31H,7,11-12,15-18,20-21H2,1-6H3,(H,36,45)(H,38,44)(H,39,46)/t27-,31+/m1/s1. The third kappa shape index (κ3) is 8.96. The number of amides is 4. The quantitative estimate of drug-likeness (QED) is 0.379. The molecule has 3 heterocycles. The summed E-state index contributed by atoms with van der Waals surface area (Å²) in [7, 11) is 0. The smallest absolute Gasteiger partial charge is 0.263 e. The Balaban J connectivity index is 1.64. The number of pyridine rings is 1. The number of rotatable bonds is 5. The summed E-state index contributed by atoms with van der Waals surface area (Å²) < 4.78 is 3.07. The molecule has 0 saturated heterocycles. The molecule has 2 atom stereocenters. The molecule has 258 valence electrons. The van der Waals surface area contributed by atoms with Crippen molar-refractivity contribution < 1.29 is 19.2 Å². The second kappa shape index (κ2) is 16.3. The lowest BCUT2D eigenvalue weighted by Gasteiger charge is -2.27. The Morgan fingerprint density at radius 2 is 1.69 bits per heavy atom. The second-order valence-corrected chi connectivity index (χ2v) is 12.7. The molecule has 13 heteroatoms. The van der Waals surface area contributed by atoms with Gasteiger partial charge in [0.1, 0.15) is 24.0 Å². The summed E-state index contributed by atoms with van der Waals surface area (Å²) in [5, 5.41) is 13.3. The molecule has 4 amide bonds. The number of nitrogens with one attached hydrogen (secondary N) is 3. The molecule has 1 aromatic carbocycles. The maximum Gasteiger partial charge on any atom is 0.263 e. The van der Waals surface area contributed by atoms with Crippen molar-refractivity contribution in [1.29, 1.82) is 0 Å². The fraction of sp³-hybridized carbons (Fsp3) is 0.514. The van der Waals surface area contributed by atoms with E-state index in [1.54, 1.807) is 23.3 Å². The van der Waals surface area contributed by atoms with Gasteiger partial charge in [0.2, 0.25) is 17.7 Å². The van der Waals surface area contributed by atoms with Gasteiger partial charge in [-0.15, -0.1) is 0 Å². The molecule has 0 saturated carbocycles. The van der Waals surface area contributed by atoms with E-state index < -0.39 is 18.0 Å². The minimum Gasteiger partial charge on any atom is -0.354 e. The van der Waals surface area contributed by atoms with E-state index in [0.29, 0.717) is 36.6 Å². The number of carbonyl (C=O) groups excluding carboxylic acids is 4. The van der Waals surface area contributed by atoms with Gasteiger partial charge in [-0.3, -0.25) is 24.0 Å². The van der Waals surface area contributed by atoms with Gasteiger partial charge in [0.05, 0.1) is 6.04 Å². The number of aromatic nitrogens is 4. The molecular weight excluding hydrogens is 612 g/mol. The molecule has 48 heavy (non-hydrogen) atoms. The lowest BCUT2D eigenvalue weighted by atomic mass is 10.0. The van der Waals surface area contributed by atoms with Gasteiger partial charge in [-0.2, -0.15) is 5.10 Å². The predicted molar refractivity (Wildman–Crippen MR) is 181 cm³/mol. The molecule has 0 radical (unpaired) electrons. The Bertz CT molecular complexity index is 1680. The number of benzene rings is 1. The summed E-state index contributed by atoms with van der Waals surface area (Å²) in [6.45, 7) is 12.1. The van der Waals surface area contributed by atoms with Crippen LogP contribution >= 0.6 is 0 Å². The first-order chi connectivity index (χ1) is 22.9. The van der Waals surface area contributed by atoms with E-state index in [4.69, 9.17) is 0 Å². The van der Waals surface area contributed by atoms with Crippen LogP contribution in [0, 0.1) is 26.7 Å². The molecule has 0 unspecified atom stereocenters. The Morgan fingerprint density at radius 1 is 0.979 bits per heavy atom. The zero-order valence-electron chi connectivity index (χ0n) is 28.8. The van der Waals surface area contributed by atoms with E-state index in [9.17, 15) is 24.0 Å². The van der Waals surface area contributed by atoms with Crippen LogP contribution < -0.4 is 21.5 Å². The maximum atomic E-state index is 13.9. The summed E-state index contributed by atoms with van der Waals surface area (Å²) in [6, 6.07) is 9.80. The molecule has 0 spiro atoms. The Morgan fingerprint density at radius 3 is 2.38 bits per heavy atom. The van der Waals surface area contributed by atoms with E-state index in [-0.39, 0.29) is 73.8 Å². The van der Waals surface area contributed by atoms with Crippen LogP contribution in [0.4, 0.5) is 0 Å². The van der Waals surface area contributed by atoms with Crippen LogP contribution in [0.1, 0.15) is 84.9 Å². The van der Waals surface area contributed by atoms with Crippen molar-refractivity contribution in [1.82, 2.24) is 40.2 Å². The van der Waals surface area contributed by atoms with Crippen molar-refractivity contribution in [2.45, 2.75) is 92.4 Å². The zero-order valence-corrected chi connectivity index (χ0v) is 28.8. The molecular formula is C35H48N8O5.